The highest BCUT2D eigenvalue weighted by Crippen LogP contribution is 2.10. The number of pyridine rings is 1. The van der Waals surface area contributed by atoms with E-state index in [4.69, 9.17) is 0 Å². The van der Waals surface area contributed by atoms with Crippen LogP contribution in [0.1, 0.15) is 32.3 Å². The molecule has 0 aliphatic heterocycles. The Kier molecular flexibility index (Phi) is 7.65. The maximum Gasteiger partial charge on any atom is 0.220 e. The van der Waals surface area contributed by atoms with Gasteiger partial charge in [0.2, 0.25) is 5.91 Å². The summed E-state index contributed by atoms with van der Waals surface area (Å²) < 4.78 is 0. The van der Waals surface area contributed by atoms with Crippen LogP contribution in [-0.2, 0) is 11.3 Å². The van der Waals surface area contributed by atoms with E-state index in [1.165, 1.54) is 0 Å². The third-order valence-corrected chi connectivity index (χ3v) is 3.22. The zero-order valence-corrected chi connectivity index (χ0v) is 12.8. The first-order chi connectivity index (χ1) is 9.71. The van der Waals surface area contributed by atoms with Crippen molar-refractivity contribution in [1.82, 2.24) is 15.6 Å². The monoisotopic (exact) mass is 278 g/mol. The van der Waals surface area contributed by atoms with Crippen LogP contribution >= 0.6 is 0 Å². The zero-order valence-electron chi connectivity index (χ0n) is 12.8. The Morgan fingerprint density at radius 2 is 2.05 bits per heavy atom. The van der Waals surface area contributed by atoms with E-state index in [0.29, 0.717) is 13.0 Å². The van der Waals surface area contributed by atoms with Gasteiger partial charge in [0.05, 0.1) is 0 Å². The molecular formula is C15H26N4O. The molecule has 0 atom stereocenters. The minimum absolute atomic E-state index is 0.0908. The highest BCUT2D eigenvalue weighted by molar-refractivity contribution is 5.75. The molecule has 0 bridgehead atoms. The van der Waals surface area contributed by atoms with Crippen molar-refractivity contribution in [2.45, 2.75) is 33.2 Å². The molecule has 0 unspecified atom stereocenters. The van der Waals surface area contributed by atoms with Crippen LogP contribution in [0.15, 0.2) is 18.3 Å². The second kappa shape index (κ2) is 9.31. The molecule has 0 aliphatic rings. The molecular weight excluding hydrogens is 252 g/mol. The minimum Gasteiger partial charge on any atom is -0.357 e. The predicted octanol–water partition coefficient (Wildman–Crippen LogP) is 1.54. The smallest absolute Gasteiger partial charge is 0.220 e. The Hall–Kier alpha value is -1.62. The van der Waals surface area contributed by atoms with Gasteiger partial charge in [-0.2, -0.15) is 0 Å². The van der Waals surface area contributed by atoms with Crippen molar-refractivity contribution in [2.24, 2.45) is 0 Å². The van der Waals surface area contributed by atoms with Crippen LogP contribution in [0.5, 0.6) is 0 Å². The van der Waals surface area contributed by atoms with Gasteiger partial charge >= 0.3 is 0 Å². The van der Waals surface area contributed by atoms with Crippen molar-refractivity contribution in [2.75, 3.05) is 31.6 Å². The number of carbonyl (C=O) groups excluding carboxylic acids is 1. The summed E-state index contributed by atoms with van der Waals surface area (Å²) in [5, 5.41) is 5.94. The molecule has 0 spiro atoms. The van der Waals surface area contributed by atoms with Gasteiger partial charge in [0, 0.05) is 32.3 Å². The van der Waals surface area contributed by atoms with E-state index in [9.17, 15) is 4.79 Å². The second-order valence-corrected chi connectivity index (χ2v) is 4.68. The van der Waals surface area contributed by atoms with Gasteiger partial charge in [-0.1, -0.05) is 6.07 Å². The summed E-state index contributed by atoms with van der Waals surface area (Å²) in [5.41, 5.74) is 1.03. The normalized spacial score (nSPS) is 10.3. The number of nitrogens with one attached hydrogen (secondary N) is 2. The van der Waals surface area contributed by atoms with E-state index in [2.05, 4.69) is 34.4 Å². The van der Waals surface area contributed by atoms with E-state index in [1.54, 1.807) is 0 Å². The first kappa shape index (κ1) is 16.4. The number of carbonyl (C=O) groups is 1. The number of aromatic nitrogens is 1. The van der Waals surface area contributed by atoms with Crippen molar-refractivity contribution in [3.05, 3.63) is 23.9 Å². The van der Waals surface area contributed by atoms with E-state index >= 15 is 0 Å². The minimum atomic E-state index is 0.0908. The lowest BCUT2D eigenvalue weighted by Crippen LogP contribution is -2.24. The number of hydrogen-bond donors (Lipinski definition) is 2. The lowest BCUT2D eigenvalue weighted by molar-refractivity contribution is -0.121. The van der Waals surface area contributed by atoms with Crippen LogP contribution in [0.25, 0.3) is 0 Å². The lowest BCUT2D eigenvalue weighted by Gasteiger charge is -2.19. The zero-order chi connectivity index (χ0) is 14.8. The van der Waals surface area contributed by atoms with Gasteiger partial charge in [0.15, 0.2) is 0 Å². The summed E-state index contributed by atoms with van der Waals surface area (Å²) >= 11 is 0. The topological polar surface area (TPSA) is 57.3 Å². The Morgan fingerprint density at radius 3 is 2.60 bits per heavy atom. The van der Waals surface area contributed by atoms with Gasteiger partial charge in [-0.05, 0) is 45.5 Å². The fourth-order valence-corrected chi connectivity index (χ4v) is 1.97. The molecule has 1 amide bonds. The molecule has 5 nitrogen and oxygen atoms in total. The molecule has 2 N–H and O–H groups in total. The van der Waals surface area contributed by atoms with Crippen molar-refractivity contribution in [1.29, 1.82) is 0 Å². The molecule has 20 heavy (non-hydrogen) atoms. The summed E-state index contributed by atoms with van der Waals surface area (Å²) in [4.78, 5) is 18.2. The van der Waals surface area contributed by atoms with Crippen molar-refractivity contribution >= 4 is 11.7 Å². The third kappa shape index (κ3) is 5.57. The Morgan fingerprint density at radius 1 is 1.30 bits per heavy atom. The number of amides is 1. The summed E-state index contributed by atoms with van der Waals surface area (Å²) in [6, 6.07) is 4.03. The summed E-state index contributed by atoms with van der Waals surface area (Å²) in [7, 11) is 1.89. The van der Waals surface area contributed by atoms with Gasteiger partial charge in [-0.3, -0.25) is 4.79 Å². The van der Waals surface area contributed by atoms with Crippen LogP contribution in [0, 0.1) is 0 Å². The molecule has 0 saturated carbocycles. The molecule has 0 fully saturated rings. The largest absolute Gasteiger partial charge is 0.357 e. The number of rotatable bonds is 9. The summed E-state index contributed by atoms with van der Waals surface area (Å²) in [5.74, 6) is 1.08. The van der Waals surface area contributed by atoms with Crippen LogP contribution in [0.4, 0.5) is 5.82 Å². The molecule has 112 valence electrons. The molecule has 1 aromatic heterocycles. The number of anilines is 1. The van der Waals surface area contributed by atoms with E-state index < -0.39 is 0 Å². The maximum absolute atomic E-state index is 11.6. The van der Waals surface area contributed by atoms with Gasteiger partial charge in [0.1, 0.15) is 5.82 Å². The molecule has 1 rings (SSSR count). The summed E-state index contributed by atoms with van der Waals surface area (Å²) in [6.45, 7) is 7.54. The fraction of sp³-hybridized carbons (Fsp3) is 0.600. The molecule has 0 aliphatic carbocycles. The molecule has 5 heteroatoms. The molecule has 0 radical (unpaired) electrons. The lowest BCUT2D eigenvalue weighted by atomic mass is 10.2. The van der Waals surface area contributed by atoms with Crippen LogP contribution < -0.4 is 15.5 Å². The van der Waals surface area contributed by atoms with Gasteiger partial charge in [0.25, 0.3) is 0 Å². The Bertz CT molecular complexity index is 387. The summed E-state index contributed by atoms with van der Waals surface area (Å²) in [6.07, 6.45) is 3.26. The van der Waals surface area contributed by atoms with E-state index in [1.807, 2.05) is 25.4 Å². The Balaban J connectivity index is 2.39. The predicted molar refractivity (Wildman–Crippen MR) is 82.8 cm³/mol. The average molecular weight is 278 g/mol. The quantitative estimate of drug-likeness (QED) is 0.673. The molecule has 0 aromatic carbocycles. The first-order valence-corrected chi connectivity index (χ1v) is 7.32. The van der Waals surface area contributed by atoms with Crippen molar-refractivity contribution in [3.8, 4) is 0 Å². The molecule has 1 heterocycles. The van der Waals surface area contributed by atoms with Crippen LogP contribution in [0.2, 0.25) is 0 Å². The van der Waals surface area contributed by atoms with Crippen molar-refractivity contribution < 1.29 is 4.79 Å². The van der Waals surface area contributed by atoms with Crippen LogP contribution in [0.3, 0.4) is 0 Å². The molecule has 1 aromatic rings. The van der Waals surface area contributed by atoms with Crippen LogP contribution in [-0.4, -0.2) is 37.6 Å². The fourth-order valence-electron chi connectivity index (χ4n) is 1.97. The van der Waals surface area contributed by atoms with Gasteiger partial charge < -0.3 is 15.5 Å². The highest BCUT2D eigenvalue weighted by Gasteiger charge is 2.04. The van der Waals surface area contributed by atoms with Gasteiger partial charge in [-0.15, -0.1) is 0 Å². The molecule has 0 saturated heterocycles. The third-order valence-electron chi connectivity index (χ3n) is 3.22. The highest BCUT2D eigenvalue weighted by atomic mass is 16.1. The van der Waals surface area contributed by atoms with Gasteiger partial charge in [-0.25, -0.2) is 4.98 Å². The first-order valence-electron chi connectivity index (χ1n) is 7.32. The van der Waals surface area contributed by atoms with Crippen molar-refractivity contribution in [3.63, 3.8) is 0 Å². The second-order valence-electron chi connectivity index (χ2n) is 4.68. The standard InChI is InChI=1S/C15H26N4O/c1-4-19(5-2)14-9-8-13(11-17-14)12-18-15(20)7-6-10-16-3/h8-9,11,16H,4-7,10,12H2,1-3H3,(H,18,20). The van der Waals surface area contributed by atoms with E-state index in [-0.39, 0.29) is 5.91 Å². The SMILES string of the molecule is CCN(CC)c1ccc(CNC(=O)CCCNC)cn1. The number of hydrogen-bond acceptors (Lipinski definition) is 4. The Labute approximate surface area is 121 Å². The average Bonchev–Trinajstić information content (AvgIpc) is 2.48. The number of nitrogens with zero attached hydrogens (tertiary/aromatic N) is 2. The van der Waals surface area contributed by atoms with E-state index in [0.717, 1.165) is 37.4 Å². The maximum atomic E-state index is 11.6.